The Morgan fingerprint density at radius 1 is 0.674 bits per heavy atom. The lowest BCUT2D eigenvalue weighted by Gasteiger charge is -2.11. The third-order valence-corrected chi connectivity index (χ3v) is 8.22. The minimum atomic E-state index is 0.732. The Labute approximate surface area is 246 Å². The van der Waals surface area contributed by atoms with Crippen molar-refractivity contribution in [2.45, 2.75) is 0 Å². The number of furan rings is 1. The summed E-state index contributed by atoms with van der Waals surface area (Å²) in [6, 6.07) is 40.9. The van der Waals surface area contributed by atoms with E-state index < -0.39 is 0 Å². The van der Waals surface area contributed by atoms with Crippen LogP contribution in [0, 0.1) is 0 Å². The van der Waals surface area contributed by atoms with Crippen molar-refractivity contribution in [1.82, 2.24) is 19.1 Å². The Morgan fingerprint density at radius 3 is 2.42 bits per heavy atom. The quantitative estimate of drug-likeness (QED) is 0.217. The van der Waals surface area contributed by atoms with Gasteiger partial charge in [0.05, 0.1) is 27.6 Å². The summed E-state index contributed by atoms with van der Waals surface area (Å²) in [6.45, 7) is 0. The largest absolute Gasteiger partial charge is 0.457 e. The molecule has 43 heavy (non-hydrogen) atoms. The maximum absolute atomic E-state index is 6.44. The van der Waals surface area contributed by atoms with Crippen molar-refractivity contribution in [2.24, 2.45) is 7.05 Å². The summed E-state index contributed by atoms with van der Waals surface area (Å²) < 4.78 is 17.2. The average Bonchev–Trinajstić information content (AvgIpc) is 3.70. The molecular formula is C37H24N4O2. The molecule has 9 rings (SSSR count). The number of aromatic nitrogens is 4. The van der Waals surface area contributed by atoms with Gasteiger partial charge in [0, 0.05) is 41.0 Å². The highest BCUT2D eigenvalue weighted by atomic mass is 16.5. The number of para-hydroxylation sites is 3. The van der Waals surface area contributed by atoms with Crippen molar-refractivity contribution in [3.63, 3.8) is 0 Å². The SMILES string of the molecule is Cn1c(-c2cccc(Oc3cccc(-n4c5ccc6c7ccccc7oc6c5c5cccnc54)c3)c2)nc2ccccc21. The van der Waals surface area contributed by atoms with Gasteiger partial charge in [-0.2, -0.15) is 0 Å². The number of hydrogen-bond donors (Lipinski definition) is 0. The number of rotatable bonds is 4. The molecule has 4 aromatic heterocycles. The standard InChI is InChI=1S/C37H24N4O2/c1-40-31-16-4-3-15-30(31)39-36(40)23-9-6-11-25(21-23)42-26-12-7-10-24(22-26)41-32-19-18-28-27-13-2-5-17-33(27)43-35(28)34(32)29-14-8-20-38-37(29)41/h2-22H,1H3. The minimum absolute atomic E-state index is 0.732. The van der Waals surface area contributed by atoms with Crippen LogP contribution < -0.4 is 4.74 Å². The summed E-state index contributed by atoms with van der Waals surface area (Å²) in [5, 5.41) is 4.31. The van der Waals surface area contributed by atoms with Gasteiger partial charge >= 0.3 is 0 Å². The number of hydrogen-bond acceptors (Lipinski definition) is 4. The molecule has 0 unspecified atom stereocenters. The highest BCUT2D eigenvalue weighted by Gasteiger charge is 2.19. The molecule has 0 bridgehead atoms. The summed E-state index contributed by atoms with van der Waals surface area (Å²) >= 11 is 0. The highest BCUT2D eigenvalue weighted by Crippen LogP contribution is 2.40. The van der Waals surface area contributed by atoms with E-state index in [9.17, 15) is 0 Å². The lowest BCUT2D eigenvalue weighted by molar-refractivity contribution is 0.482. The number of ether oxygens (including phenoxy) is 1. The van der Waals surface area contributed by atoms with Crippen LogP contribution in [0.1, 0.15) is 0 Å². The van der Waals surface area contributed by atoms with Gasteiger partial charge in [-0.05, 0) is 66.7 Å². The summed E-state index contributed by atoms with van der Waals surface area (Å²) in [4.78, 5) is 9.67. The first-order valence-electron chi connectivity index (χ1n) is 14.2. The summed E-state index contributed by atoms with van der Waals surface area (Å²) in [7, 11) is 2.04. The monoisotopic (exact) mass is 556 g/mol. The van der Waals surface area contributed by atoms with Gasteiger partial charge in [-0.15, -0.1) is 0 Å². The number of pyridine rings is 1. The first kappa shape index (κ1) is 23.8. The third-order valence-electron chi connectivity index (χ3n) is 8.22. The average molecular weight is 557 g/mol. The van der Waals surface area contributed by atoms with E-state index in [4.69, 9.17) is 19.1 Å². The molecule has 0 saturated carbocycles. The van der Waals surface area contributed by atoms with Gasteiger partial charge in [0.15, 0.2) is 0 Å². The van der Waals surface area contributed by atoms with Crippen LogP contribution in [-0.2, 0) is 7.05 Å². The van der Waals surface area contributed by atoms with Gasteiger partial charge in [-0.3, -0.25) is 4.57 Å². The topological polar surface area (TPSA) is 58.0 Å². The number of fused-ring (bicyclic) bond motifs is 8. The van der Waals surface area contributed by atoms with E-state index in [1.54, 1.807) is 0 Å². The van der Waals surface area contributed by atoms with Crippen LogP contribution in [0.2, 0.25) is 0 Å². The predicted octanol–water partition coefficient (Wildman–Crippen LogP) is 9.42. The first-order valence-corrected chi connectivity index (χ1v) is 14.2. The highest BCUT2D eigenvalue weighted by molar-refractivity contribution is 6.23. The fourth-order valence-corrected chi connectivity index (χ4v) is 6.30. The van der Waals surface area contributed by atoms with Gasteiger partial charge in [0.1, 0.15) is 34.1 Å². The molecule has 5 aromatic carbocycles. The van der Waals surface area contributed by atoms with Crippen LogP contribution in [0.3, 0.4) is 0 Å². The van der Waals surface area contributed by atoms with Crippen LogP contribution in [0.15, 0.2) is 132 Å². The van der Waals surface area contributed by atoms with Crippen molar-refractivity contribution in [2.75, 3.05) is 0 Å². The van der Waals surface area contributed by atoms with Crippen molar-refractivity contribution in [3.8, 4) is 28.6 Å². The molecule has 0 spiro atoms. The van der Waals surface area contributed by atoms with Crippen molar-refractivity contribution >= 4 is 54.9 Å². The number of benzene rings is 5. The second-order valence-electron chi connectivity index (χ2n) is 10.8. The lowest BCUT2D eigenvalue weighted by atomic mass is 10.1. The van der Waals surface area contributed by atoms with Crippen LogP contribution in [0.4, 0.5) is 0 Å². The summed E-state index contributed by atoms with van der Waals surface area (Å²) in [6.07, 6.45) is 1.83. The molecule has 9 aromatic rings. The van der Waals surface area contributed by atoms with Crippen LogP contribution in [0.5, 0.6) is 11.5 Å². The number of nitrogens with zero attached hydrogens (tertiary/aromatic N) is 4. The maximum Gasteiger partial charge on any atom is 0.145 e. The van der Waals surface area contributed by atoms with Crippen LogP contribution in [-0.4, -0.2) is 19.1 Å². The van der Waals surface area contributed by atoms with Crippen molar-refractivity contribution < 1.29 is 9.15 Å². The Bertz CT molecular complexity index is 2520. The zero-order valence-corrected chi connectivity index (χ0v) is 23.2. The Hall–Kier alpha value is -5.88. The minimum Gasteiger partial charge on any atom is -0.457 e. The maximum atomic E-state index is 6.44. The number of aryl methyl sites for hydroxylation is 1. The van der Waals surface area contributed by atoms with Gasteiger partial charge < -0.3 is 13.7 Å². The lowest BCUT2D eigenvalue weighted by Crippen LogP contribution is -1.96. The second kappa shape index (κ2) is 9.06. The molecule has 0 aliphatic heterocycles. The van der Waals surface area contributed by atoms with Gasteiger partial charge in [0.2, 0.25) is 0 Å². The van der Waals surface area contributed by atoms with Gasteiger partial charge in [-0.1, -0.05) is 48.5 Å². The Kier molecular flexibility index (Phi) is 5.01. The van der Waals surface area contributed by atoms with E-state index in [1.807, 2.05) is 86.0 Å². The molecule has 0 saturated heterocycles. The Balaban J connectivity index is 1.16. The molecule has 6 heteroatoms. The van der Waals surface area contributed by atoms with E-state index in [-0.39, 0.29) is 0 Å². The molecular weight excluding hydrogens is 532 g/mol. The molecule has 0 atom stereocenters. The Morgan fingerprint density at radius 2 is 1.49 bits per heavy atom. The third kappa shape index (κ3) is 3.60. The molecule has 0 aliphatic rings. The fraction of sp³-hybridized carbons (Fsp3) is 0.0270. The van der Waals surface area contributed by atoms with E-state index in [1.165, 1.54) is 0 Å². The molecule has 204 valence electrons. The fourth-order valence-electron chi connectivity index (χ4n) is 6.30. The van der Waals surface area contributed by atoms with E-state index in [0.717, 1.165) is 83.5 Å². The van der Waals surface area contributed by atoms with Crippen LogP contribution >= 0.6 is 0 Å². The van der Waals surface area contributed by atoms with E-state index in [0.29, 0.717) is 0 Å². The predicted molar refractivity (Wildman–Crippen MR) is 172 cm³/mol. The molecule has 0 N–H and O–H groups in total. The van der Waals surface area contributed by atoms with Crippen molar-refractivity contribution in [3.05, 3.63) is 128 Å². The molecule has 4 heterocycles. The zero-order valence-electron chi connectivity index (χ0n) is 23.2. The normalized spacial score (nSPS) is 11.8. The zero-order chi connectivity index (χ0) is 28.5. The van der Waals surface area contributed by atoms with Gasteiger partial charge in [0.25, 0.3) is 0 Å². The van der Waals surface area contributed by atoms with Gasteiger partial charge in [-0.25, -0.2) is 9.97 Å². The smallest absolute Gasteiger partial charge is 0.145 e. The van der Waals surface area contributed by atoms with Crippen molar-refractivity contribution in [1.29, 1.82) is 0 Å². The molecule has 6 nitrogen and oxygen atoms in total. The summed E-state index contributed by atoms with van der Waals surface area (Å²) in [5.74, 6) is 2.37. The number of imidazole rings is 1. The second-order valence-corrected chi connectivity index (χ2v) is 10.8. The molecule has 0 radical (unpaired) electrons. The molecule has 0 fully saturated rings. The molecule has 0 aliphatic carbocycles. The summed E-state index contributed by atoms with van der Waals surface area (Å²) in [5.41, 5.74) is 7.67. The van der Waals surface area contributed by atoms with Crippen LogP contribution in [0.25, 0.3) is 72.0 Å². The van der Waals surface area contributed by atoms with E-state index >= 15 is 0 Å². The first-order chi connectivity index (χ1) is 21.2. The van der Waals surface area contributed by atoms with E-state index in [2.05, 4.69) is 57.7 Å². The molecule has 0 amide bonds.